The topological polar surface area (TPSA) is 29.4 Å². The molecule has 0 bridgehead atoms. The summed E-state index contributed by atoms with van der Waals surface area (Å²) in [6.45, 7) is 1.19. The molecule has 0 heterocycles. The average Bonchev–Trinajstić information content (AvgIpc) is 1.61. The summed E-state index contributed by atoms with van der Waals surface area (Å²) in [5, 5.41) is 0. The van der Waals surface area contributed by atoms with Crippen molar-refractivity contribution in [1.82, 2.24) is 0 Å². The van der Waals surface area contributed by atoms with Crippen LogP contribution in [0.2, 0.25) is 0 Å². The van der Waals surface area contributed by atoms with E-state index in [1.54, 1.807) is 0 Å². The second kappa shape index (κ2) is 5.51. The number of hydrogen-bond donors (Lipinski definition) is 0. The van der Waals surface area contributed by atoms with Crippen LogP contribution in [0.4, 0.5) is 0 Å². The summed E-state index contributed by atoms with van der Waals surface area (Å²) >= 11 is 1.18. The Hall–Kier alpha value is 0.510. The van der Waals surface area contributed by atoms with Gasteiger partial charge in [0, 0.05) is 0 Å². The summed E-state index contributed by atoms with van der Waals surface area (Å²) in [6.07, 6.45) is 0. The second-order valence-electron chi connectivity index (χ2n) is 0.496. The third kappa shape index (κ3) is 4.51. The summed E-state index contributed by atoms with van der Waals surface area (Å²) in [4.78, 5) is 0. The Morgan fingerprint density at radius 1 is 1.83 bits per heavy atom. The van der Waals surface area contributed by atoms with E-state index >= 15 is 0 Å². The zero-order valence-electron chi connectivity index (χ0n) is 3.00. The fraction of sp³-hybridized carbons (Fsp3) is 0. The number of hydrogen-bond acceptors (Lipinski definition) is 3. The van der Waals surface area contributed by atoms with E-state index in [0.29, 0.717) is 7.04 Å². The van der Waals surface area contributed by atoms with Gasteiger partial charge in [-0.2, -0.15) is 0 Å². The van der Waals surface area contributed by atoms with E-state index in [9.17, 15) is 4.70 Å². The van der Waals surface area contributed by atoms with Crippen LogP contribution in [-0.4, -0.2) is 14.0 Å². The first kappa shape index (κ1) is 6.51. The Labute approximate surface area is 43.7 Å². The molecule has 0 spiro atoms. The van der Waals surface area contributed by atoms with Gasteiger partial charge in [-0.1, -0.05) is 0 Å². The van der Waals surface area contributed by atoms with Crippen molar-refractivity contribution in [1.29, 1.82) is 0 Å². The van der Waals surface area contributed by atoms with Crippen LogP contribution in [0.1, 0.15) is 0 Å². The van der Waals surface area contributed by atoms with Gasteiger partial charge < -0.3 is 0 Å². The first-order valence-corrected chi connectivity index (χ1v) is 3.50. The maximum atomic E-state index is 9.39. The molecule has 30 valence electrons. The molecule has 0 aromatic heterocycles. The van der Waals surface area contributed by atoms with Gasteiger partial charge >= 0.3 is 43.0 Å². The van der Waals surface area contributed by atoms with Gasteiger partial charge in [-0.3, -0.25) is 0 Å². The molecule has 0 aliphatic rings. The Balaban J connectivity index is 2.94. The Morgan fingerprint density at radius 2 is 2.50 bits per heavy atom. The van der Waals surface area contributed by atoms with Gasteiger partial charge in [0.1, 0.15) is 0 Å². The van der Waals surface area contributed by atoms with Gasteiger partial charge in [-0.05, 0) is 0 Å². The Morgan fingerprint density at radius 3 is 2.67 bits per heavy atom. The second-order valence-corrected chi connectivity index (χ2v) is 1.55. The molecule has 0 N–H and O–H groups in total. The van der Waals surface area contributed by atoms with Gasteiger partial charge in [-0.15, -0.1) is 0 Å². The van der Waals surface area contributed by atoms with Crippen LogP contribution in [0.15, 0.2) is 4.30 Å². The minimum absolute atomic E-state index is 0.636. The van der Waals surface area contributed by atoms with E-state index in [0.717, 1.165) is 0 Å². The van der Waals surface area contributed by atoms with Crippen molar-refractivity contribution in [3.63, 3.8) is 0 Å². The van der Waals surface area contributed by atoms with Crippen LogP contribution in [0.25, 0.3) is 0 Å². The van der Waals surface area contributed by atoms with Gasteiger partial charge in [0.05, 0.1) is 0 Å². The van der Waals surface area contributed by atoms with E-state index in [4.69, 9.17) is 0 Å². The zero-order valence-corrected chi connectivity index (χ0v) is 4.97. The van der Waals surface area contributed by atoms with Crippen molar-refractivity contribution in [3.05, 3.63) is 0 Å². The monoisotopic (exact) mass is 117 g/mol. The summed E-state index contributed by atoms with van der Waals surface area (Å²) in [6, 6.07) is 0. The first-order valence-electron chi connectivity index (χ1n) is 1.25. The van der Waals surface area contributed by atoms with Crippen LogP contribution in [0.3, 0.4) is 0 Å². The quantitative estimate of drug-likeness (QED) is 0.295. The molecule has 0 aromatic rings. The standard InChI is InChI=1S/B2H2NOPS/c4-2-1-3-6-5/h5H2. The van der Waals surface area contributed by atoms with Crippen LogP contribution in [0, 0.1) is 0 Å². The molecule has 2 nitrogen and oxygen atoms in total. The first-order chi connectivity index (χ1) is 2.91. The van der Waals surface area contributed by atoms with Crippen molar-refractivity contribution in [2.24, 2.45) is 4.30 Å². The van der Waals surface area contributed by atoms with Crippen LogP contribution in [-0.2, 0) is 4.70 Å². The van der Waals surface area contributed by atoms with Gasteiger partial charge in [0.25, 0.3) is 0 Å². The Kier molecular flexibility index (Phi) is 5.98. The molecule has 6 heavy (non-hydrogen) atoms. The molecular formula is H2B2NOPS. The summed E-state index contributed by atoms with van der Waals surface area (Å²) < 4.78 is 12.9. The summed E-state index contributed by atoms with van der Waals surface area (Å²) in [7, 11) is 2.92. The molecule has 0 amide bonds. The van der Waals surface area contributed by atoms with Gasteiger partial charge in [0.15, 0.2) is 0 Å². The Bertz CT molecular complexity index is 64.6. The van der Waals surface area contributed by atoms with Crippen LogP contribution in [0.5, 0.6) is 0 Å². The molecule has 0 radical (unpaired) electrons. The number of rotatable bonds is 2. The maximum absolute atomic E-state index is 9.39. The van der Waals surface area contributed by atoms with Gasteiger partial charge in [0.2, 0.25) is 0 Å². The predicted octanol–water partition coefficient (Wildman–Crippen LogP) is 0.277. The van der Waals surface area contributed by atoms with Crippen LogP contribution < -0.4 is 0 Å². The van der Waals surface area contributed by atoms with E-state index in [1.165, 1.54) is 18.5 Å². The molecule has 0 aliphatic heterocycles. The molecular weight excluding hydrogens is 115 g/mol. The van der Waals surface area contributed by atoms with Crippen molar-refractivity contribution in [3.8, 4) is 0 Å². The van der Waals surface area contributed by atoms with Crippen LogP contribution >= 0.6 is 20.0 Å². The predicted molar refractivity (Wildman–Crippen MR) is 31.9 cm³/mol. The van der Waals surface area contributed by atoms with Crippen molar-refractivity contribution >= 4 is 34.0 Å². The fourth-order valence-electron chi connectivity index (χ4n) is 0.0600. The third-order valence-electron chi connectivity index (χ3n) is 0.183. The van der Waals surface area contributed by atoms with E-state index < -0.39 is 0 Å². The molecule has 1 atom stereocenters. The summed E-state index contributed by atoms with van der Waals surface area (Å²) in [5.74, 6) is 0. The van der Waals surface area contributed by atoms with E-state index in [1.807, 2.05) is 0 Å². The van der Waals surface area contributed by atoms with E-state index in [-0.39, 0.29) is 0 Å². The fourth-order valence-corrected chi connectivity index (χ4v) is 0.391. The zero-order chi connectivity index (χ0) is 4.83. The molecule has 0 aromatic carbocycles. The molecule has 0 fully saturated rings. The molecule has 0 aliphatic carbocycles. The SMILES string of the molecule is O=BB=NSP. The molecule has 0 saturated carbocycles. The van der Waals surface area contributed by atoms with Gasteiger partial charge in [-0.25, -0.2) is 0 Å². The average molecular weight is 117 g/mol. The normalized spacial score (nSPS) is 7.50. The molecule has 0 rings (SSSR count). The van der Waals surface area contributed by atoms with Crippen molar-refractivity contribution < 1.29 is 4.70 Å². The summed E-state index contributed by atoms with van der Waals surface area (Å²) in [5.41, 5.74) is 0. The number of nitrogens with zero attached hydrogens (tertiary/aromatic N) is 1. The molecule has 1 unspecified atom stereocenters. The third-order valence-corrected chi connectivity index (χ3v) is 0.791. The van der Waals surface area contributed by atoms with Crippen molar-refractivity contribution in [2.45, 2.75) is 0 Å². The van der Waals surface area contributed by atoms with E-state index in [2.05, 4.69) is 12.7 Å². The van der Waals surface area contributed by atoms with Crippen molar-refractivity contribution in [2.75, 3.05) is 0 Å². The molecule has 6 heteroatoms. The minimum atomic E-state index is 0.636. The molecule has 0 saturated heterocycles.